The lowest BCUT2D eigenvalue weighted by molar-refractivity contribution is -0.142. The quantitative estimate of drug-likeness (QED) is 0.521. The van der Waals surface area contributed by atoms with Crippen molar-refractivity contribution in [3.05, 3.63) is 62.5 Å². The molecule has 0 aromatic heterocycles. The van der Waals surface area contributed by atoms with E-state index in [0.29, 0.717) is 28.8 Å². The van der Waals surface area contributed by atoms with Gasteiger partial charge in [-0.05, 0) is 43.2 Å². The van der Waals surface area contributed by atoms with E-state index in [1.807, 2.05) is 32.0 Å². The van der Waals surface area contributed by atoms with Crippen LogP contribution in [0.1, 0.15) is 25.8 Å². The van der Waals surface area contributed by atoms with Gasteiger partial charge in [0.15, 0.2) is 6.61 Å². The fraction of sp³-hybridized carbons (Fsp3) is 0.333. The minimum Gasteiger partial charge on any atom is -0.482 e. The zero-order chi connectivity index (χ0) is 21.4. The van der Waals surface area contributed by atoms with Crippen molar-refractivity contribution in [1.29, 1.82) is 0 Å². The fourth-order valence-electron chi connectivity index (χ4n) is 2.84. The first-order chi connectivity index (χ1) is 13.9. The third kappa shape index (κ3) is 6.63. The lowest BCUT2D eigenvalue weighted by atomic mass is 10.1. The molecule has 0 aliphatic rings. The van der Waals surface area contributed by atoms with Crippen LogP contribution in [0.5, 0.6) is 5.75 Å². The van der Waals surface area contributed by atoms with Crippen LogP contribution >= 0.6 is 39.1 Å². The van der Waals surface area contributed by atoms with Gasteiger partial charge in [0.25, 0.3) is 5.91 Å². The molecule has 2 aromatic carbocycles. The molecule has 0 saturated carbocycles. The number of ether oxygens (including phenoxy) is 1. The predicted molar refractivity (Wildman–Crippen MR) is 119 cm³/mol. The van der Waals surface area contributed by atoms with Gasteiger partial charge in [-0.1, -0.05) is 64.3 Å². The average Bonchev–Trinajstić information content (AvgIpc) is 2.68. The zero-order valence-corrected chi connectivity index (χ0v) is 19.4. The predicted octanol–water partition coefficient (Wildman–Crippen LogP) is 5.08. The van der Waals surface area contributed by atoms with Crippen LogP contribution in [-0.4, -0.2) is 35.9 Å². The molecule has 0 heterocycles. The maximum Gasteiger partial charge on any atom is 0.261 e. The monoisotopic (exact) mass is 500 g/mol. The van der Waals surface area contributed by atoms with Gasteiger partial charge < -0.3 is 15.0 Å². The molecule has 0 aliphatic heterocycles. The molecule has 5 nitrogen and oxygen atoms in total. The number of rotatable bonds is 9. The Bertz CT molecular complexity index is 864. The van der Waals surface area contributed by atoms with Crippen molar-refractivity contribution in [3.63, 3.8) is 0 Å². The van der Waals surface area contributed by atoms with Crippen LogP contribution in [0.2, 0.25) is 10.0 Å². The molecular weight excluding hydrogens is 479 g/mol. The third-order valence-electron chi connectivity index (χ3n) is 4.28. The van der Waals surface area contributed by atoms with E-state index in [0.717, 1.165) is 10.0 Å². The number of hydrogen-bond donors (Lipinski definition) is 1. The molecular formula is C21H23BrCl2N2O3. The summed E-state index contributed by atoms with van der Waals surface area (Å²) >= 11 is 15.8. The summed E-state index contributed by atoms with van der Waals surface area (Å²) in [4.78, 5) is 27.1. The van der Waals surface area contributed by atoms with Gasteiger partial charge in [0, 0.05) is 22.6 Å². The number of carbonyl (C=O) groups excluding carboxylic acids is 2. The van der Waals surface area contributed by atoms with Gasteiger partial charge in [-0.25, -0.2) is 0 Å². The largest absolute Gasteiger partial charge is 0.482 e. The smallest absolute Gasteiger partial charge is 0.261 e. The van der Waals surface area contributed by atoms with E-state index in [4.69, 9.17) is 27.9 Å². The van der Waals surface area contributed by atoms with Crippen molar-refractivity contribution in [1.82, 2.24) is 10.2 Å². The van der Waals surface area contributed by atoms with E-state index in [1.165, 1.54) is 4.90 Å². The lowest BCUT2D eigenvalue weighted by Crippen LogP contribution is -2.50. The van der Waals surface area contributed by atoms with Crippen LogP contribution in [-0.2, 0) is 16.1 Å². The second-order valence-electron chi connectivity index (χ2n) is 6.30. The van der Waals surface area contributed by atoms with Gasteiger partial charge in [-0.15, -0.1) is 0 Å². The van der Waals surface area contributed by atoms with E-state index >= 15 is 0 Å². The minimum absolute atomic E-state index is 0.200. The van der Waals surface area contributed by atoms with Crippen molar-refractivity contribution < 1.29 is 14.3 Å². The second kappa shape index (κ2) is 11.4. The SMILES string of the molecule is CCNC(=O)[C@@H](CC)N(Cc1ccccc1Cl)C(=O)COc1ccc(Br)cc1Cl. The van der Waals surface area contributed by atoms with Gasteiger partial charge in [-0.3, -0.25) is 9.59 Å². The number of amides is 2. The van der Waals surface area contributed by atoms with Crippen LogP contribution in [0.4, 0.5) is 0 Å². The van der Waals surface area contributed by atoms with Crippen LogP contribution < -0.4 is 10.1 Å². The number of nitrogens with zero attached hydrogens (tertiary/aromatic N) is 1. The molecule has 29 heavy (non-hydrogen) atoms. The van der Waals surface area contributed by atoms with Crippen molar-refractivity contribution in [3.8, 4) is 5.75 Å². The fourth-order valence-corrected chi connectivity index (χ4v) is 3.76. The van der Waals surface area contributed by atoms with E-state index in [2.05, 4.69) is 21.2 Å². The van der Waals surface area contributed by atoms with Gasteiger partial charge in [0.05, 0.1) is 5.02 Å². The highest BCUT2D eigenvalue weighted by Crippen LogP contribution is 2.28. The Balaban J connectivity index is 2.23. The molecule has 0 unspecified atom stereocenters. The molecule has 0 fully saturated rings. The van der Waals surface area contributed by atoms with Gasteiger partial charge >= 0.3 is 0 Å². The lowest BCUT2D eigenvalue weighted by Gasteiger charge is -2.30. The molecule has 2 rings (SSSR count). The Morgan fingerprint density at radius 2 is 1.86 bits per heavy atom. The molecule has 0 radical (unpaired) electrons. The molecule has 156 valence electrons. The summed E-state index contributed by atoms with van der Waals surface area (Å²) in [6.07, 6.45) is 0.459. The first kappa shape index (κ1) is 23.5. The molecule has 0 saturated heterocycles. The Morgan fingerprint density at radius 3 is 2.48 bits per heavy atom. The highest BCUT2D eigenvalue weighted by atomic mass is 79.9. The molecule has 2 amide bonds. The van der Waals surface area contributed by atoms with Crippen LogP contribution in [0, 0.1) is 0 Å². The van der Waals surface area contributed by atoms with Gasteiger partial charge in [0.1, 0.15) is 11.8 Å². The van der Waals surface area contributed by atoms with E-state index in [1.54, 1.807) is 24.3 Å². The molecule has 2 aromatic rings. The first-order valence-corrected chi connectivity index (χ1v) is 10.8. The van der Waals surface area contributed by atoms with Crippen LogP contribution in [0.3, 0.4) is 0 Å². The summed E-state index contributed by atoms with van der Waals surface area (Å²) < 4.78 is 6.44. The topological polar surface area (TPSA) is 58.6 Å². The first-order valence-electron chi connectivity index (χ1n) is 9.25. The Kier molecular flexibility index (Phi) is 9.27. The minimum atomic E-state index is -0.636. The summed E-state index contributed by atoms with van der Waals surface area (Å²) in [5.74, 6) is -0.147. The molecule has 8 heteroatoms. The second-order valence-corrected chi connectivity index (χ2v) is 8.03. The summed E-state index contributed by atoms with van der Waals surface area (Å²) in [6, 6.07) is 11.8. The van der Waals surface area contributed by atoms with Crippen LogP contribution in [0.25, 0.3) is 0 Å². The van der Waals surface area contributed by atoms with Crippen molar-refractivity contribution >= 4 is 50.9 Å². The number of benzene rings is 2. The summed E-state index contributed by atoms with van der Waals surface area (Å²) in [7, 11) is 0. The maximum atomic E-state index is 13.0. The number of nitrogens with one attached hydrogen (secondary N) is 1. The highest BCUT2D eigenvalue weighted by molar-refractivity contribution is 9.10. The van der Waals surface area contributed by atoms with E-state index in [9.17, 15) is 9.59 Å². The van der Waals surface area contributed by atoms with E-state index < -0.39 is 6.04 Å². The highest BCUT2D eigenvalue weighted by Gasteiger charge is 2.29. The molecule has 0 aliphatic carbocycles. The molecule has 1 N–H and O–H groups in total. The summed E-state index contributed by atoms with van der Waals surface area (Å²) in [5, 5.41) is 3.71. The van der Waals surface area contributed by atoms with E-state index in [-0.39, 0.29) is 25.0 Å². The number of carbonyl (C=O) groups is 2. The molecule has 0 spiro atoms. The standard InChI is InChI=1S/C21H23BrCl2N2O3/c1-3-18(21(28)25-4-2)26(12-14-7-5-6-8-16(14)23)20(27)13-29-19-10-9-15(22)11-17(19)24/h5-11,18H,3-4,12-13H2,1-2H3,(H,25,28)/t18-/m1/s1. The van der Waals surface area contributed by atoms with Gasteiger partial charge in [-0.2, -0.15) is 0 Å². The summed E-state index contributed by atoms with van der Waals surface area (Å²) in [5.41, 5.74) is 0.756. The van der Waals surface area contributed by atoms with Crippen molar-refractivity contribution in [2.45, 2.75) is 32.9 Å². The maximum absolute atomic E-state index is 13.0. The van der Waals surface area contributed by atoms with Crippen molar-refractivity contribution in [2.24, 2.45) is 0 Å². The van der Waals surface area contributed by atoms with Crippen LogP contribution in [0.15, 0.2) is 46.9 Å². The number of halogens is 3. The Hall–Kier alpha value is -1.76. The molecule has 0 bridgehead atoms. The zero-order valence-electron chi connectivity index (χ0n) is 16.3. The average molecular weight is 502 g/mol. The Labute approximate surface area is 189 Å². The number of likely N-dealkylation sites (N-methyl/N-ethyl adjacent to an activating group) is 1. The Morgan fingerprint density at radius 1 is 1.14 bits per heavy atom. The van der Waals surface area contributed by atoms with Crippen molar-refractivity contribution in [2.75, 3.05) is 13.2 Å². The summed E-state index contributed by atoms with van der Waals surface area (Å²) in [6.45, 7) is 4.13. The number of hydrogen-bond acceptors (Lipinski definition) is 3. The molecule has 1 atom stereocenters. The third-order valence-corrected chi connectivity index (χ3v) is 5.44. The van der Waals surface area contributed by atoms with Gasteiger partial charge in [0.2, 0.25) is 5.91 Å². The normalized spacial score (nSPS) is 11.6.